The molecule has 0 aliphatic rings. The van der Waals surface area contributed by atoms with Crippen molar-refractivity contribution >= 4 is 23.1 Å². The van der Waals surface area contributed by atoms with Crippen molar-refractivity contribution in [1.29, 1.82) is 0 Å². The van der Waals surface area contributed by atoms with Crippen LogP contribution in [0.5, 0.6) is 0 Å². The van der Waals surface area contributed by atoms with E-state index in [1.807, 2.05) is 0 Å². The smallest absolute Gasteiger partial charge is 0.807 e. The van der Waals surface area contributed by atoms with Crippen molar-refractivity contribution in [2.24, 2.45) is 0 Å². The van der Waals surface area contributed by atoms with Crippen molar-refractivity contribution in [3.63, 3.8) is 0 Å². The molecule has 0 aliphatic heterocycles. The number of rotatable bonds is 8. The molecule has 0 amide bonds. The molecule has 0 rings (SSSR count). The fourth-order valence-electron chi connectivity index (χ4n) is 1.13. The summed E-state index contributed by atoms with van der Waals surface area (Å²) in [7, 11) is 0. The van der Waals surface area contributed by atoms with Gasteiger partial charge in [-0.15, -0.1) is 0 Å². The van der Waals surface area contributed by atoms with E-state index in [9.17, 15) is 10.2 Å². The van der Waals surface area contributed by atoms with E-state index >= 15 is 0 Å². The molecule has 0 aliphatic carbocycles. The van der Waals surface area contributed by atoms with Crippen molar-refractivity contribution in [3.05, 3.63) is 0 Å². The Morgan fingerprint density at radius 2 is 0.789 bits per heavy atom. The van der Waals surface area contributed by atoms with Gasteiger partial charge in [-0.2, -0.15) is 0 Å². The summed E-state index contributed by atoms with van der Waals surface area (Å²) in [6.45, 7) is 11.3. The molecular formula is C12H26MgO6. The summed E-state index contributed by atoms with van der Waals surface area (Å²) in [6, 6.07) is 0. The van der Waals surface area contributed by atoms with Crippen LogP contribution in [0.2, 0.25) is 0 Å². The Morgan fingerprint density at radius 1 is 0.632 bits per heavy atom. The molecule has 0 unspecified atom stereocenters. The Labute approximate surface area is 132 Å². The van der Waals surface area contributed by atoms with Crippen molar-refractivity contribution in [3.8, 4) is 0 Å². The topological polar surface area (TPSA) is 83.0 Å². The van der Waals surface area contributed by atoms with Gasteiger partial charge in [0.25, 0.3) is 0 Å². The molecule has 0 aromatic rings. The number of ether oxygens (including phenoxy) is 4. The molecule has 0 fully saturated rings. The van der Waals surface area contributed by atoms with Crippen LogP contribution in [-0.4, -0.2) is 61.4 Å². The molecular weight excluding hydrogens is 264 g/mol. The second-order valence-corrected chi connectivity index (χ2v) is 3.46. The first kappa shape index (κ1) is 24.5. The van der Waals surface area contributed by atoms with Gasteiger partial charge in [-0.05, 0) is 41.5 Å². The Morgan fingerprint density at radius 3 is 0.895 bits per heavy atom. The average Bonchev–Trinajstić information content (AvgIpc) is 2.17. The third-order valence-electron chi connectivity index (χ3n) is 1.63. The van der Waals surface area contributed by atoms with Crippen LogP contribution in [0.15, 0.2) is 0 Å². The van der Waals surface area contributed by atoms with Crippen LogP contribution in [0.4, 0.5) is 0 Å². The fourth-order valence-corrected chi connectivity index (χ4v) is 1.13. The normalized spacial score (nSPS) is 11.4. The van der Waals surface area contributed by atoms with Crippen molar-refractivity contribution in [1.82, 2.24) is 0 Å². The quantitative estimate of drug-likeness (QED) is 0.455. The first-order valence-corrected chi connectivity index (χ1v) is 6.21. The average molecular weight is 291 g/mol. The van der Waals surface area contributed by atoms with Crippen molar-refractivity contribution in [2.45, 2.75) is 53.5 Å². The van der Waals surface area contributed by atoms with Crippen LogP contribution in [0.3, 0.4) is 0 Å². The van der Waals surface area contributed by atoms with Crippen LogP contribution in [0, 0.1) is 0 Å². The summed E-state index contributed by atoms with van der Waals surface area (Å²) in [4.78, 5) is 0. The maximum absolute atomic E-state index is 10.9. The second kappa shape index (κ2) is 13.5. The molecule has 0 radical (unpaired) electrons. The maximum Gasteiger partial charge on any atom is 2.00 e. The van der Waals surface area contributed by atoms with E-state index in [1.165, 1.54) is 13.8 Å². The Balaban J connectivity index is -0.000000256. The fraction of sp³-hybridized carbons (Fsp3) is 1.00. The second-order valence-electron chi connectivity index (χ2n) is 3.46. The van der Waals surface area contributed by atoms with Gasteiger partial charge in [-0.25, -0.2) is 0 Å². The van der Waals surface area contributed by atoms with Crippen LogP contribution in [0.1, 0.15) is 41.5 Å². The zero-order valence-corrected chi connectivity index (χ0v) is 14.4. The van der Waals surface area contributed by atoms with E-state index in [0.717, 1.165) is 0 Å². The standard InChI is InChI=1S/2C6H13O3.Mg/c2*1-4-8-6(3,7)9-5-2;/h2*4-5H2,1-3H3;/q2*-1;+2. The van der Waals surface area contributed by atoms with Gasteiger partial charge in [0, 0.05) is 26.4 Å². The summed E-state index contributed by atoms with van der Waals surface area (Å²) in [5.41, 5.74) is 0. The third-order valence-corrected chi connectivity index (χ3v) is 1.63. The van der Waals surface area contributed by atoms with E-state index in [0.29, 0.717) is 26.4 Å². The molecule has 112 valence electrons. The first-order chi connectivity index (χ1) is 8.24. The minimum atomic E-state index is -1.65. The SMILES string of the molecule is CCOC(C)([O-])OCC.CCOC(C)([O-])OCC.[Mg+2]. The van der Waals surface area contributed by atoms with Gasteiger partial charge in [0.1, 0.15) is 0 Å². The summed E-state index contributed by atoms with van der Waals surface area (Å²) in [6.07, 6.45) is 0. The molecule has 0 aromatic carbocycles. The summed E-state index contributed by atoms with van der Waals surface area (Å²) >= 11 is 0. The molecule has 7 heteroatoms. The van der Waals surface area contributed by atoms with E-state index in [-0.39, 0.29) is 23.1 Å². The molecule has 0 saturated carbocycles. The molecule has 0 saturated heterocycles. The molecule has 0 bridgehead atoms. The van der Waals surface area contributed by atoms with Gasteiger partial charge < -0.3 is 29.2 Å². The van der Waals surface area contributed by atoms with Crippen LogP contribution < -0.4 is 10.2 Å². The van der Waals surface area contributed by atoms with E-state index in [2.05, 4.69) is 0 Å². The van der Waals surface area contributed by atoms with Crippen molar-refractivity contribution in [2.75, 3.05) is 26.4 Å². The molecule has 6 nitrogen and oxygen atoms in total. The molecule has 0 atom stereocenters. The maximum atomic E-state index is 10.9. The third kappa shape index (κ3) is 18.5. The van der Waals surface area contributed by atoms with Gasteiger partial charge in [0.05, 0.1) is 11.9 Å². The molecule has 0 N–H and O–H groups in total. The van der Waals surface area contributed by atoms with Crippen LogP contribution in [0.25, 0.3) is 0 Å². The van der Waals surface area contributed by atoms with E-state index < -0.39 is 11.9 Å². The van der Waals surface area contributed by atoms with Gasteiger partial charge in [0.15, 0.2) is 0 Å². The Kier molecular flexibility index (Phi) is 17.4. The van der Waals surface area contributed by atoms with Crippen LogP contribution >= 0.6 is 0 Å². The minimum Gasteiger partial charge on any atom is -0.807 e. The summed E-state index contributed by atoms with van der Waals surface area (Å²) in [5, 5.41) is 21.7. The molecule has 0 heterocycles. The van der Waals surface area contributed by atoms with Gasteiger partial charge in [-0.3, -0.25) is 0 Å². The van der Waals surface area contributed by atoms with Crippen molar-refractivity contribution < 1.29 is 29.2 Å². The molecule has 19 heavy (non-hydrogen) atoms. The zero-order chi connectivity index (χ0) is 14.7. The van der Waals surface area contributed by atoms with Gasteiger partial charge in [0.2, 0.25) is 0 Å². The Hall–Kier alpha value is 0.526. The number of hydrogen-bond donors (Lipinski definition) is 0. The predicted molar refractivity (Wildman–Crippen MR) is 69.1 cm³/mol. The monoisotopic (exact) mass is 290 g/mol. The van der Waals surface area contributed by atoms with E-state index in [1.54, 1.807) is 27.7 Å². The van der Waals surface area contributed by atoms with Gasteiger partial charge >= 0.3 is 23.1 Å². The molecule has 0 aromatic heterocycles. The summed E-state index contributed by atoms with van der Waals surface area (Å²) in [5.74, 6) is -3.30. The summed E-state index contributed by atoms with van der Waals surface area (Å²) < 4.78 is 18.8. The van der Waals surface area contributed by atoms with E-state index in [4.69, 9.17) is 18.9 Å². The molecule has 0 spiro atoms. The number of hydrogen-bond acceptors (Lipinski definition) is 6. The first-order valence-electron chi connectivity index (χ1n) is 6.21. The zero-order valence-electron chi connectivity index (χ0n) is 13.0. The van der Waals surface area contributed by atoms with Crippen LogP contribution in [-0.2, 0) is 18.9 Å². The van der Waals surface area contributed by atoms with Gasteiger partial charge in [-0.1, -0.05) is 0 Å². The predicted octanol–water partition coefficient (Wildman–Crippen LogP) is -0.194. The largest absolute Gasteiger partial charge is 2.00 e. The Bertz CT molecular complexity index is 151. The minimum absolute atomic E-state index is 0.